The second-order valence-electron chi connectivity index (χ2n) is 9.65. The zero-order valence-corrected chi connectivity index (χ0v) is 18.9. The standard InChI is InChI=1S/C23H26ClF2N5O2/c24-15-11-14(1-2-16(15)26)19-18(20(27)32)17-12-30(9-10-31(17)29-19)21(33)28-23-6-3-22(13-25,4-7-23)5-8-23/h1-2,11H,3-10,12-13H2,(H2,27,32)(H,28,33). The summed E-state index contributed by atoms with van der Waals surface area (Å²) < 4.78 is 28.8. The average Bonchev–Trinajstić information content (AvgIpc) is 3.21. The molecule has 10 heteroatoms. The number of hydrogen-bond acceptors (Lipinski definition) is 3. The highest BCUT2D eigenvalue weighted by Crippen LogP contribution is 2.52. The van der Waals surface area contributed by atoms with Gasteiger partial charge in [0, 0.05) is 17.6 Å². The first kappa shape index (κ1) is 22.1. The largest absolute Gasteiger partial charge is 0.365 e. The molecule has 0 atom stereocenters. The van der Waals surface area contributed by atoms with E-state index >= 15 is 0 Å². The highest BCUT2D eigenvalue weighted by Gasteiger charge is 2.49. The van der Waals surface area contributed by atoms with E-state index in [0.29, 0.717) is 30.0 Å². The third-order valence-electron chi connectivity index (χ3n) is 7.76. The number of nitrogens with zero attached hydrogens (tertiary/aromatic N) is 3. The summed E-state index contributed by atoms with van der Waals surface area (Å²) in [5, 5.41) is 7.66. The number of urea groups is 1. The van der Waals surface area contributed by atoms with Crippen LogP contribution in [-0.4, -0.2) is 45.4 Å². The lowest BCUT2D eigenvalue weighted by molar-refractivity contribution is 0.00817. The molecule has 1 aromatic carbocycles. The molecule has 3 amide bonds. The van der Waals surface area contributed by atoms with Crippen LogP contribution >= 0.6 is 11.6 Å². The van der Waals surface area contributed by atoms with Crippen molar-refractivity contribution in [3.8, 4) is 11.3 Å². The first-order valence-corrected chi connectivity index (χ1v) is 11.6. The monoisotopic (exact) mass is 477 g/mol. The molecule has 1 aromatic heterocycles. The Morgan fingerprint density at radius 1 is 1.15 bits per heavy atom. The fourth-order valence-electron chi connectivity index (χ4n) is 5.55. The molecule has 3 saturated carbocycles. The molecule has 33 heavy (non-hydrogen) atoms. The van der Waals surface area contributed by atoms with Crippen LogP contribution in [0.1, 0.15) is 54.6 Å². The number of fused-ring (bicyclic) bond motifs is 4. The maximum atomic E-state index is 13.6. The number of carbonyl (C=O) groups excluding carboxylic acids is 2. The Bertz CT molecular complexity index is 1110. The van der Waals surface area contributed by atoms with Gasteiger partial charge < -0.3 is 16.0 Å². The van der Waals surface area contributed by atoms with Gasteiger partial charge in [-0.15, -0.1) is 0 Å². The van der Waals surface area contributed by atoms with Crippen molar-refractivity contribution in [3.05, 3.63) is 40.3 Å². The van der Waals surface area contributed by atoms with Gasteiger partial charge in [-0.1, -0.05) is 11.6 Å². The van der Waals surface area contributed by atoms with E-state index in [4.69, 9.17) is 17.3 Å². The summed E-state index contributed by atoms with van der Waals surface area (Å²) in [5.41, 5.74) is 6.75. The summed E-state index contributed by atoms with van der Waals surface area (Å²) in [6.45, 7) is 0.712. The maximum absolute atomic E-state index is 13.6. The second-order valence-corrected chi connectivity index (χ2v) is 10.1. The average molecular weight is 478 g/mol. The van der Waals surface area contributed by atoms with Crippen LogP contribution in [0.3, 0.4) is 0 Å². The number of primary amides is 1. The van der Waals surface area contributed by atoms with E-state index < -0.39 is 11.7 Å². The van der Waals surface area contributed by atoms with Crippen molar-refractivity contribution in [2.45, 2.75) is 57.2 Å². The van der Waals surface area contributed by atoms with Gasteiger partial charge in [0.2, 0.25) is 0 Å². The number of rotatable bonds is 4. The Morgan fingerprint density at radius 2 is 1.85 bits per heavy atom. The van der Waals surface area contributed by atoms with Crippen molar-refractivity contribution in [3.63, 3.8) is 0 Å². The normalized spacial score (nSPS) is 26.2. The van der Waals surface area contributed by atoms with Crippen LogP contribution < -0.4 is 11.1 Å². The summed E-state index contributed by atoms with van der Waals surface area (Å²) in [6, 6.07) is 3.92. The summed E-state index contributed by atoms with van der Waals surface area (Å²) in [4.78, 5) is 27.2. The molecule has 6 rings (SSSR count). The lowest BCUT2D eigenvalue weighted by atomic mass is 9.58. The van der Waals surface area contributed by atoms with Gasteiger partial charge in [0.05, 0.1) is 36.0 Å². The zero-order chi connectivity index (χ0) is 23.4. The molecule has 1 aliphatic heterocycles. The molecular weight excluding hydrogens is 452 g/mol. The van der Waals surface area contributed by atoms with Gasteiger partial charge in [-0.2, -0.15) is 5.10 Å². The van der Waals surface area contributed by atoms with Gasteiger partial charge in [0.1, 0.15) is 11.5 Å². The van der Waals surface area contributed by atoms with E-state index in [1.165, 1.54) is 18.2 Å². The number of carbonyl (C=O) groups is 2. The number of amides is 3. The molecule has 0 unspecified atom stereocenters. The Balaban J connectivity index is 1.37. The van der Waals surface area contributed by atoms with Crippen LogP contribution in [-0.2, 0) is 13.1 Å². The molecule has 3 aliphatic carbocycles. The third-order valence-corrected chi connectivity index (χ3v) is 8.05. The predicted molar refractivity (Wildman–Crippen MR) is 119 cm³/mol. The smallest absolute Gasteiger partial charge is 0.318 e. The topological polar surface area (TPSA) is 93.2 Å². The number of aromatic nitrogens is 2. The molecule has 0 saturated heterocycles. The number of alkyl halides is 1. The van der Waals surface area contributed by atoms with Crippen LogP contribution in [0.25, 0.3) is 11.3 Å². The SMILES string of the molecule is NC(=O)c1c(-c2ccc(F)c(Cl)c2)nn2c1CN(C(=O)NC13CCC(CF)(CC1)CC3)CC2. The molecule has 2 aromatic rings. The number of halogens is 3. The van der Waals surface area contributed by atoms with Crippen molar-refractivity contribution >= 4 is 23.5 Å². The van der Waals surface area contributed by atoms with E-state index in [1.807, 2.05) is 0 Å². The van der Waals surface area contributed by atoms with E-state index in [1.54, 1.807) is 9.58 Å². The van der Waals surface area contributed by atoms with Crippen molar-refractivity contribution < 1.29 is 18.4 Å². The lowest BCUT2D eigenvalue weighted by Crippen LogP contribution is -2.60. The van der Waals surface area contributed by atoms with E-state index in [-0.39, 0.29) is 40.8 Å². The quantitative estimate of drug-likeness (QED) is 0.696. The summed E-state index contributed by atoms with van der Waals surface area (Å²) >= 11 is 5.92. The lowest BCUT2D eigenvalue weighted by Gasteiger charge is -2.53. The predicted octanol–water partition coefficient (Wildman–Crippen LogP) is 4.03. The van der Waals surface area contributed by atoms with Crippen molar-refractivity contribution in [2.24, 2.45) is 11.1 Å². The van der Waals surface area contributed by atoms with Crippen LogP contribution in [0.4, 0.5) is 13.6 Å². The van der Waals surface area contributed by atoms with E-state index in [2.05, 4.69) is 10.4 Å². The van der Waals surface area contributed by atoms with Crippen molar-refractivity contribution in [1.82, 2.24) is 20.0 Å². The third kappa shape index (κ3) is 3.76. The van der Waals surface area contributed by atoms with E-state index in [0.717, 1.165) is 38.5 Å². The van der Waals surface area contributed by atoms with Crippen LogP contribution in [0, 0.1) is 11.2 Å². The van der Waals surface area contributed by atoms with Crippen LogP contribution in [0.5, 0.6) is 0 Å². The first-order valence-electron chi connectivity index (χ1n) is 11.2. The Morgan fingerprint density at radius 3 is 2.45 bits per heavy atom. The fourth-order valence-corrected chi connectivity index (χ4v) is 5.73. The number of nitrogens with one attached hydrogen (secondary N) is 1. The highest BCUT2D eigenvalue weighted by atomic mass is 35.5. The van der Waals surface area contributed by atoms with Gasteiger partial charge in [0.15, 0.2) is 0 Å². The van der Waals surface area contributed by atoms with Gasteiger partial charge in [-0.3, -0.25) is 13.9 Å². The Hall–Kier alpha value is -2.68. The fraction of sp³-hybridized carbons (Fsp3) is 0.522. The minimum absolute atomic E-state index is 0.0779. The summed E-state index contributed by atoms with van der Waals surface area (Å²) in [5.74, 6) is -1.24. The van der Waals surface area contributed by atoms with Gasteiger partial charge in [-0.25, -0.2) is 9.18 Å². The molecule has 4 aliphatic rings. The molecule has 0 radical (unpaired) electrons. The highest BCUT2D eigenvalue weighted by molar-refractivity contribution is 6.31. The van der Waals surface area contributed by atoms with E-state index in [9.17, 15) is 18.4 Å². The second kappa shape index (κ2) is 7.97. The Kier molecular flexibility index (Phi) is 5.34. The van der Waals surface area contributed by atoms with Gasteiger partial charge in [0.25, 0.3) is 5.91 Å². The summed E-state index contributed by atoms with van der Waals surface area (Å²) in [6.07, 6.45) is 4.76. The number of benzene rings is 1. The van der Waals surface area contributed by atoms with Gasteiger partial charge in [-0.05, 0) is 62.1 Å². The minimum Gasteiger partial charge on any atom is -0.365 e. The molecule has 3 N–H and O–H groups in total. The first-order chi connectivity index (χ1) is 15.7. The molecule has 2 heterocycles. The molecule has 0 spiro atoms. The zero-order valence-electron chi connectivity index (χ0n) is 18.2. The molecule has 2 bridgehead atoms. The summed E-state index contributed by atoms with van der Waals surface area (Å²) in [7, 11) is 0. The molecule has 176 valence electrons. The molecule has 3 fully saturated rings. The number of hydrogen-bond donors (Lipinski definition) is 2. The number of nitrogens with two attached hydrogens (primary N) is 1. The Labute approximate surface area is 195 Å². The molecule has 7 nitrogen and oxygen atoms in total. The van der Waals surface area contributed by atoms with Crippen molar-refractivity contribution in [2.75, 3.05) is 13.2 Å². The van der Waals surface area contributed by atoms with Crippen LogP contribution in [0.2, 0.25) is 5.02 Å². The van der Waals surface area contributed by atoms with Crippen molar-refractivity contribution in [1.29, 1.82) is 0 Å². The maximum Gasteiger partial charge on any atom is 0.318 e. The van der Waals surface area contributed by atoms with Gasteiger partial charge >= 0.3 is 6.03 Å². The minimum atomic E-state index is -0.672. The van der Waals surface area contributed by atoms with Crippen LogP contribution in [0.15, 0.2) is 18.2 Å². The molecular formula is C23H26ClF2N5O2.